The van der Waals surface area contributed by atoms with Gasteiger partial charge in [0.1, 0.15) is 0 Å². The molecular weight excluding hydrogens is 370 g/mol. The molecule has 0 aromatic heterocycles. The van der Waals surface area contributed by atoms with E-state index < -0.39 is 0 Å². The number of carbonyl (C=O) groups excluding carboxylic acids is 1. The van der Waals surface area contributed by atoms with E-state index in [0.29, 0.717) is 19.9 Å². The van der Waals surface area contributed by atoms with Crippen molar-refractivity contribution in [2.45, 2.75) is 0 Å². The lowest BCUT2D eigenvalue weighted by Crippen LogP contribution is -2.27. The number of thiocarbonyl (C=S) groups is 1. The van der Waals surface area contributed by atoms with Crippen LogP contribution in [0.3, 0.4) is 0 Å². The Balaban J connectivity index is 1.69. The number of carbonyl (C=O) groups is 1. The number of hydrogen-bond donors (Lipinski definition) is 0. The zero-order valence-corrected chi connectivity index (χ0v) is 15.4. The van der Waals surface area contributed by atoms with Crippen LogP contribution in [-0.4, -0.2) is 10.2 Å². The van der Waals surface area contributed by atoms with Crippen molar-refractivity contribution in [1.29, 1.82) is 0 Å². The Bertz CT molecular complexity index is 1040. The highest BCUT2D eigenvalue weighted by atomic mass is 35.5. The van der Waals surface area contributed by atoms with Gasteiger partial charge in [0.15, 0.2) is 4.32 Å². The molecule has 1 amide bonds. The smallest absolute Gasteiger partial charge is 0.268 e. The summed E-state index contributed by atoms with van der Waals surface area (Å²) < 4.78 is 0.513. The Morgan fingerprint density at radius 3 is 2.56 bits per heavy atom. The maximum absolute atomic E-state index is 12.8. The molecule has 0 saturated carbocycles. The molecule has 3 aromatic carbocycles. The van der Waals surface area contributed by atoms with Gasteiger partial charge in [-0.2, -0.15) is 0 Å². The van der Waals surface area contributed by atoms with E-state index >= 15 is 0 Å². The quantitative estimate of drug-likeness (QED) is 0.407. The van der Waals surface area contributed by atoms with Gasteiger partial charge in [-0.25, -0.2) is 0 Å². The standard InChI is InChI=1S/C20H12ClNOS2/c21-16-6-3-7-17(12-16)22-19(23)18(25-20(22)24)11-13-8-9-14-4-1-2-5-15(14)10-13/h1-12H/b18-11+. The normalized spacial score (nSPS) is 16.2. The molecule has 3 aromatic rings. The van der Waals surface area contributed by atoms with Crippen LogP contribution >= 0.6 is 35.6 Å². The van der Waals surface area contributed by atoms with Gasteiger partial charge in [0.2, 0.25) is 0 Å². The summed E-state index contributed by atoms with van der Waals surface area (Å²) >= 11 is 12.7. The predicted molar refractivity (Wildman–Crippen MR) is 111 cm³/mol. The summed E-state index contributed by atoms with van der Waals surface area (Å²) in [5.41, 5.74) is 1.67. The molecule has 1 saturated heterocycles. The number of benzene rings is 3. The van der Waals surface area contributed by atoms with Crippen molar-refractivity contribution >= 4 is 68.3 Å². The van der Waals surface area contributed by atoms with E-state index in [1.165, 1.54) is 22.0 Å². The molecule has 1 heterocycles. The summed E-state index contributed by atoms with van der Waals surface area (Å²) in [6.45, 7) is 0. The number of thioether (sulfide) groups is 1. The number of fused-ring (bicyclic) bond motifs is 1. The van der Waals surface area contributed by atoms with Crippen molar-refractivity contribution < 1.29 is 4.79 Å². The van der Waals surface area contributed by atoms with Gasteiger partial charge in [-0.05, 0) is 46.7 Å². The van der Waals surface area contributed by atoms with Crippen molar-refractivity contribution in [1.82, 2.24) is 0 Å². The monoisotopic (exact) mass is 381 g/mol. The van der Waals surface area contributed by atoms with Crippen LogP contribution in [0, 0.1) is 0 Å². The molecule has 1 aliphatic rings. The highest BCUT2D eigenvalue weighted by Gasteiger charge is 2.33. The largest absolute Gasteiger partial charge is 0.270 e. The average Bonchev–Trinajstić information content (AvgIpc) is 2.88. The summed E-state index contributed by atoms with van der Waals surface area (Å²) in [6.07, 6.45) is 1.89. The van der Waals surface area contributed by atoms with Gasteiger partial charge >= 0.3 is 0 Å². The summed E-state index contributed by atoms with van der Waals surface area (Å²) in [5, 5.41) is 2.89. The van der Waals surface area contributed by atoms with Crippen molar-refractivity contribution in [3.63, 3.8) is 0 Å². The third-order valence-corrected chi connectivity index (χ3v) is 5.47. The molecule has 1 aliphatic heterocycles. The van der Waals surface area contributed by atoms with Crippen LogP contribution in [0.15, 0.2) is 71.6 Å². The zero-order chi connectivity index (χ0) is 17.4. The van der Waals surface area contributed by atoms with Crippen molar-refractivity contribution in [2.75, 3.05) is 4.90 Å². The van der Waals surface area contributed by atoms with E-state index in [4.69, 9.17) is 23.8 Å². The van der Waals surface area contributed by atoms with Crippen LogP contribution in [0.1, 0.15) is 5.56 Å². The third-order valence-electron chi connectivity index (χ3n) is 3.93. The van der Waals surface area contributed by atoms with Crippen LogP contribution in [0.25, 0.3) is 16.8 Å². The van der Waals surface area contributed by atoms with Gasteiger partial charge in [0, 0.05) is 5.02 Å². The lowest BCUT2D eigenvalue weighted by molar-refractivity contribution is -0.113. The van der Waals surface area contributed by atoms with E-state index in [0.717, 1.165) is 10.9 Å². The van der Waals surface area contributed by atoms with E-state index in [9.17, 15) is 4.79 Å². The first-order valence-corrected chi connectivity index (χ1v) is 9.24. The molecule has 25 heavy (non-hydrogen) atoms. The zero-order valence-electron chi connectivity index (χ0n) is 13.0. The lowest BCUT2D eigenvalue weighted by atomic mass is 10.1. The highest BCUT2D eigenvalue weighted by Crippen LogP contribution is 2.36. The Morgan fingerprint density at radius 2 is 1.76 bits per heavy atom. The second-order valence-electron chi connectivity index (χ2n) is 5.60. The van der Waals surface area contributed by atoms with Gasteiger partial charge in [0.05, 0.1) is 10.6 Å². The second-order valence-corrected chi connectivity index (χ2v) is 7.72. The van der Waals surface area contributed by atoms with E-state index in [2.05, 4.69) is 24.3 Å². The van der Waals surface area contributed by atoms with Gasteiger partial charge in [-0.1, -0.05) is 78.0 Å². The Kier molecular flexibility index (Phi) is 4.34. The van der Waals surface area contributed by atoms with Crippen LogP contribution in [0.4, 0.5) is 5.69 Å². The number of hydrogen-bond acceptors (Lipinski definition) is 3. The minimum absolute atomic E-state index is 0.120. The van der Waals surface area contributed by atoms with E-state index in [1.54, 1.807) is 12.1 Å². The minimum atomic E-state index is -0.120. The lowest BCUT2D eigenvalue weighted by Gasteiger charge is -2.14. The predicted octanol–water partition coefficient (Wildman–Crippen LogP) is 5.90. The van der Waals surface area contributed by atoms with Crippen molar-refractivity contribution in [3.05, 3.63) is 82.2 Å². The summed E-state index contributed by atoms with van der Waals surface area (Å²) in [4.78, 5) is 14.9. The maximum atomic E-state index is 12.8. The molecule has 0 N–H and O–H groups in total. The first kappa shape index (κ1) is 16.3. The summed E-state index contributed by atoms with van der Waals surface area (Å²) in [5.74, 6) is -0.120. The third kappa shape index (κ3) is 3.21. The molecule has 0 radical (unpaired) electrons. The van der Waals surface area contributed by atoms with Gasteiger partial charge in [0.25, 0.3) is 5.91 Å². The molecule has 0 atom stereocenters. The second kappa shape index (κ2) is 6.64. The van der Waals surface area contributed by atoms with Gasteiger partial charge < -0.3 is 0 Å². The van der Waals surface area contributed by atoms with Gasteiger partial charge in [-0.15, -0.1) is 0 Å². The van der Waals surface area contributed by atoms with Crippen molar-refractivity contribution in [3.8, 4) is 0 Å². The highest BCUT2D eigenvalue weighted by molar-refractivity contribution is 8.27. The number of anilines is 1. The molecule has 0 unspecified atom stereocenters. The van der Waals surface area contributed by atoms with Crippen LogP contribution < -0.4 is 4.90 Å². The topological polar surface area (TPSA) is 20.3 Å². The Labute approximate surface area is 160 Å². The fraction of sp³-hybridized carbons (Fsp3) is 0. The molecule has 2 nitrogen and oxygen atoms in total. The first-order chi connectivity index (χ1) is 12.1. The molecule has 0 spiro atoms. The summed E-state index contributed by atoms with van der Waals surface area (Å²) in [7, 11) is 0. The molecular formula is C20H12ClNOS2. The van der Waals surface area contributed by atoms with E-state index in [-0.39, 0.29) is 5.91 Å². The molecule has 1 fully saturated rings. The van der Waals surface area contributed by atoms with Gasteiger partial charge in [-0.3, -0.25) is 9.69 Å². The number of rotatable bonds is 2. The molecule has 0 aliphatic carbocycles. The minimum Gasteiger partial charge on any atom is -0.268 e. The van der Waals surface area contributed by atoms with Crippen LogP contribution in [0.2, 0.25) is 5.02 Å². The number of nitrogens with zero attached hydrogens (tertiary/aromatic N) is 1. The number of halogens is 1. The molecule has 4 rings (SSSR count). The number of amides is 1. The average molecular weight is 382 g/mol. The fourth-order valence-corrected chi connectivity index (χ4v) is 4.24. The molecule has 0 bridgehead atoms. The SMILES string of the molecule is O=C1/C(=C\c2ccc3ccccc3c2)SC(=S)N1c1cccc(Cl)c1. The van der Waals surface area contributed by atoms with Crippen LogP contribution in [-0.2, 0) is 4.79 Å². The molecule has 5 heteroatoms. The maximum Gasteiger partial charge on any atom is 0.270 e. The Morgan fingerprint density at radius 1 is 0.960 bits per heavy atom. The molecule has 122 valence electrons. The Hall–Kier alpha value is -2.14. The van der Waals surface area contributed by atoms with Crippen molar-refractivity contribution in [2.24, 2.45) is 0 Å². The fourth-order valence-electron chi connectivity index (χ4n) is 2.75. The van der Waals surface area contributed by atoms with E-state index in [1.807, 2.05) is 36.4 Å². The first-order valence-electron chi connectivity index (χ1n) is 7.64. The van der Waals surface area contributed by atoms with Crippen LogP contribution in [0.5, 0.6) is 0 Å². The summed E-state index contributed by atoms with van der Waals surface area (Å²) in [6, 6.07) is 21.4.